The van der Waals surface area contributed by atoms with Crippen molar-refractivity contribution in [2.75, 3.05) is 7.11 Å². The molecule has 0 saturated carbocycles. The smallest absolute Gasteiger partial charge is 0.201 e. The minimum absolute atomic E-state index is 0.0390. The van der Waals surface area contributed by atoms with Gasteiger partial charge in [-0.1, -0.05) is 37.0 Å². The molecule has 5 rings (SSSR count). The lowest BCUT2D eigenvalue weighted by molar-refractivity contribution is 0.102. The van der Waals surface area contributed by atoms with Crippen LogP contribution >= 0.6 is 23.2 Å². The lowest BCUT2D eigenvalue weighted by atomic mass is 9.67. The number of ketones is 1. The quantitative estimate of drug-likeness (QED) is 0.195. The number of fused-ring (bicyclic) bond motifs is 3. The van der Waals surface area contributed by atoms with Crippen LogP contribution in [-0.2, 0) is 5.41 Å². The molecule has 7 nitrogen and oxygen atoms in total. The lowest BCUT2D eigenvalue weighted by Crippen LogP contribution is -2.30. The van der Waals surface area contributed by atoms with Crippen LogP contribution in [0.1, 0.15) is 46.5 Å². The first kappa shape index (κ1) is 24.9. The average molecular weight is 541 g/mol. The number of ether oxygens (including phenoxy) is 1. The van der Waals surface area contributed by atoms with Crippen molar-refractivity contribution in [2.45, 2.75) is 26.2 Å². The summed E-state index contributed by atoms with van der Waals surface area (Å²) in [6.07, 6.45) is 0. The maximum Gasteiger partial charge on any atom is 0.201 e. The predicted octanol–water partition coefficient (Wildman–Crippen LogP) is 6.53. The van der Waals surface area contributed by atoms with Gasteiger partial charge in [-0.15, -0.1) is 0 Å². The fraction of sp³-hybridized carbons (Fsp3) is 0.179. The highest BCUT2D eigenvalue weighted by Gasteiger charge is 2.42. The van der Waals surface area contributed by atoms with E-state index in [1.54, 1.807) is 26.8 Å². The molecule has 0 aliphatic heterocycles. The van der Waals surface area contributed by atoms with Crippen molar-refractivity contribution in [1.82, 2.24) is 0 Å². The second-order valence-corrected chi connectivity index (χ2v) is 10.3. The number of carbonyl (C=O) groups is 1. The van der Waals surface area contributed by atoms with Crippen molar-refractivity contribution >= 4 is 39.8 Å². The summed E-state index contributed by atoms with van der Waals surface area (Å²) < 4.78 is 5.22. The number of hydrogen-bond acceptors (Lipinski definition) is 7. The molecule has 5 N–H and O–H groups in total. The Hall–Kier alpha value is -3.81. The number of rotatable bonds is 2. The van der Waals surface area contributed by atoms with E-state index in [-0.39, 0.29) is 66.1 Å². The van der Waals surface area contributed by atoms with E-state index in [0.29, 0.717) is 16.7 Å². The maximum atomic E-state index is 13.7. The van der Waals surface area contributed by atoms with E-state index < -0.39 is 22.7 Å². The Bertz CT molecular complexity index is 1690. The first-order valence-corrected chi connectivity index (χ1v) is 12.0. The molecule has 1 aliphatic carbocycles. The van der Waals surface area contributed by atoms with Gasteiger partial charge in [-0.25, -0.2) is 0 Å². The van der Waals surface area contributed by atoms with E-state index in [2.05, 4.69) is 0 Å². The summed E-state index contributed by atoms with van der Waals surface area (Å²) in [4.78, 5) is 13.7. The summed E-state index contributed by atoms with van der Waals surface area (Å²) in [5.41, 5.74) is 0.478. The Labute approximate surface area is 221 Å². The zero-order valence-electron chi connectivity index (χ0n) is 20.2. The molecule has 9 heteroatoms. The fourth-order valence-electron chi connectivity index (χ4n) is 5.29. The van der Waals surface area contributed by atoms with E-state index in [1.165, 1.54) is 25.3 Å². The molecule has 4 aromatic carbocycles. The van der Waals surface area contributed by atoms with Crippen molar-refractivity contribution in [3.05, 3.63) is 68.2 Å². The third kappa shape index (κ3) is 3.31. The Morgan fingerprint density at radius 1 is 0.784 bits per heavy atom. The number of benzene rings is 4. The molecule has 190 valence electrons. The number of phenols is 5. The van der Waals surface area contributed by atoms with Crippen LogP contribution in [0.3, 0.4) is 0 Å². The van der Waals surface area contributed by atoms with E-state index in [4.69, 9.17) is 27.9 Å². The van der Waals surface area contributed by atoms with E-state index in [0.717, 1.165) is 6.07 Å². The molecule has 0 radical (unpaired) electrons. The van der Waals surface area contributed by atoms with Gasteiger partial charge in [-0.3, -0.25) is 4.79 Å². The maximum absolute atomic E-state index is 13.7. The number of carbonyl (C=O) groups excluding carboxylic acids is 1. The van der Waals surface area contributed by atoms with Crippen LogP contribution in [0.15, 0.2) is 30.3 Å². The SMILES string of the molecule is COc1cc(O)c(-c2cc(O)c(Cl)c3cc4c(c(O)c23)C(=O)c2c(O)cc(O)cc2C4(C)C)c(C)c1Cl. The molecule has 0 unspecified atom stereocenters. The van der Waals surface area contributed by atoms with Crippen LogP contribution in [0.25, 0.3) is 21.9 Å². The van der Waals surface area contributed by atoms with Gasteiger partial charge in [0.1, 0.15) is 34.5 Å². The first-order chi connectivity index (χ1) is 17.3. The molecule has 0 aromatic heterocycles. The highest BCUT2D eigenvalue weighted by molar-refractivity contribution is 6.38. The van der Waals surface area contributed by atoms with Gasteiger partial charge in [0.25, 0.3) is 0 Å². The summed E-state index contributed by atoms with van der Waals surface area (Å²) in [5, 5.41) is 54.4. The molecular formula is C28H22Cl2O7. The first-order valence-electron chi connectivity index (χ1n) is 11.2. The third-order valence-corrected chi connectivity index (χ3v) is 8.02. The number of hydrogen-bond donors (Lipinski definition) is 5. The Morgan fingerprint density at radius 2 is 1.41 bits per heavy atom. The van der Waals surface area contributed by atoms with Gasteiger partial charge < -0.3 is 30.3 Å². The minimum Gasteiger partial charge on any atom is -0.508 e. The summed E-state index contributed by atoms with van der Waals surface area (Å²) in [6.45, 7) is 5.19. The van der Waals surface area contributed by atoms with Crippen LogP contribution in [-0.4, -0.2) is 38.4 Å². The number of halogens is 2. The molecule has 1 aliphatic rings. The summed E-state index contributed by atoms with van der Waals surface area (Å²) in [5.74, 6) is -2.04. The molecular weight excluding hydrogens is 519 g/mol. The van der Waals surface area contributed by atoms with Crippen LogP contribution < -0.4 is 4.74 Å². The predicted molar refractivity (Wildman–Crippen MR) is 141 cm³/mol. The largest absolute Gasteiger partial charge is 0.508 e. The molecule has 0 atom stereocenters. The number of methoxy groups -OCH3 is 1. The highest BCUT2D eigenvalue weighted by Crippen LogP contribution is 2.54. The number of aromatic hydroxyl groups is 5. The monoisotopic (exact) mass is 540 g/mol. The van der Waals surface area contributed by atoms with Crippen LogP contribution in [0.2, 0.25) is 10.0 Å². The van der Waals surface area contributed by atoms with Gasteiger partial charge in [0.2, 0.25) is 5.78 Å². The lowest BCUT2D eigenvalue weighted by Gasteiger charge is -2.35. The summed E-state index contributed by atoms with van der Waals surface area (Å²) in [6, 6.07) is 6.65. The molecule has 4 aromatic rings. The highest BCUT2D eigenvalue weighted by atomic mass is 35.5. The molecule has 0 spiro atoms. The average Bonchev–Trinajstić information content (AvgIpc) is 2.82. The topological polar surface area (TPSA) is 127 Å². The molecule has 0 fully saturated rings. The van der Waals surface area contributed by atoms with Gasteiger partial charge in [-0.05, 0) is 41.8 Å². The molecule has 37 heavy (non-hydrogen) atoms. The zero-order valence-corrected chi connectivity index (χ0v) is 21.7. The van der Waals surface area contributed by atoms with E-state index >= 15 is 0 Å². The molecule has 0 amide bonds. The molecule has 0 heterocycles. The van der Waals surface area contributed by atoms with Crippen molar-refractivity contribution in [3.63, 3.8) is 0 Å². The standard InChI is InChI=1S/C28H22Cl2O7/c1-10-20(17(33)9-19(37-4)24(10)29)12-8-18(34)25(30)13-7-15-23(26(35)21(12)13)27(36)22-14(28(15,2)3)5-11(31)6-16(22)32/h5-9,31-35H,1-4H3. The van der Waals surface area contributed by atoms with Crippen molar-refractivity contribution in [3.8, 4) is 45.6 Å². The van der Waals surface area contributed by atoms with Gasteiger partial charge >= 0.3 is 0 Å². The second-order valence-electron chi connectivity index (χ2n) is 9.58. The number of phenolic OH excluding ortho intramolecular Hbond substituents is 5. The van der Waals surface area contributed by atoms with Gasteiger partial charge in [0.15, 0.2) is 0 Å². The van der Waals surface area contributed by atoms with E-state index in [1.807, 2.05) is 0 Å². The van der Waals surface area contributed by atoms with Crippen LogP contribution in [0.4, 0.5) is 0 Å². The Kier molecular flexibility index (Phi) is 5.44. The summed E-state index contributed by atoms with van der Waals surface area (Å²) in [7, 11) is 1.40. The van der Waals surface area contributed by atoms with Gasteiger partial charge in [0.05, 0.1) is 28.3 Å². The van der Waals surface area contributed by atoms with Gasteiger partial charge in [-0.2, -0.15) is 0 Å². The van der Waals surface area contributed by atoms with Crippen molar-refractivity contribution in [2.24, 2.45) is 0 Å². The van der Waals surface area contributed by atoms with Crippen molar-refractivity contribution in [1.29, 1.82) is 0 Å². The zero-order chi connectivity index (χ0) is 27.1. The summed E-state index contributed by atoms with van der Waals surface area (Å²) >= 11 is 13.0. The normalized spacial score (nSPS) is 13.9. The van der Waals surface area contributed by atoms with Crippen LogP contribution in [0.5, 0.6) is 34.5 Å². The van der Waals surface area contributed by atoms with Crippen molar-refractivity contribution < 1.29 is 35.1 Å². The van der Waals surface area contributed by atoms with Crippen LogP contribution in [0, 0.1) is 6.92 Å². The minimum atomic E-state index is -0.961. The second kappa shape index (κ2) is 8.10. The molecule has 0 bridgehead atoms. The Balaban J connectivity index is 1.96. The Morgan fingerprint density at radius 3 is 2.05 bits per heavy atom. The van der Waals surface area contributed by atoms with E-state index in [9.17, 15) is 30.3 Å². The third-order valence-electron chi connectivity index (χ3n) is 7.15. The van der Waals surface area contributed by atoms with Gasteiger partial charge in [0, 0.05) is 39.4 Å². The fourth-order valence-corrected chi connectivity index (χ4v) is 5.72. The molecule has 0 saturated heterocycles.